The van der Waals surface area contributed by atoms with Crippen LogP contribution in [0.25, 0.3) is 0 Å². The van der Waals surface area contributed by atoms with E-state index in [1.54, 1.807) is 243 Å². The first-order valence-corrected chi connectivity index (χ1v) is 51.1. The number of ketones is 1. The van der Waals surface area contributed by atoms with Crippen molar-refractivity contribution in [2.24, 2.45) is 5.92 Å². The number of carbonyl (C=O) groups excluding carboxylic acids is 3. The zero-order valence-electron chi connectivity index (χ0n) is 76.1. The number of ether oxygens (including phenoxy) is 4. The molecule has 2 aliphatic heterocycles. The van der Waals surface area contributed by atoms with E-state index >= 15 is 27.8 Å². The monoisotopic (exact) mass is 2030 g/mol. The van der Waals surface area contributed by atoms with Crippen LogP contribution < -0.4 is 10.6 Å². The molecule has 0 bridgehead atoms. The Morgan fingerprint density at radius 1 is 0.343 bits per heavy atom. The van der Waals surface area contributed by atoms with Gasteiger partial charge in [-0.3, -0.25) is 66.5 Å². The molecule has 760 valence electrons. The number of aliphatic hydroxyl groups excluding tert-OH is 9. The van der Waals surface area contributed by atoms with Crippen LogP contribution >= 0.6 is 30.4 Å². The lowest BCUT2D eigenvalue weighted by molar-refractivity contribution is -0.342. The average molecular weight is 2030 g/mol. The topological polar surface area (TPSA) is 595 Å². The molecule has 14 atom stereocenters. The molecule has 45 heteroatoms. The van der Waals surface area contributed by atoms with Crippen molar-refractivity contribution in [2.45, 2.75) is 163 Å². The van der Waals surface area contributed by atoms with Crippen LogP contribution in [0.1, 0.15) is 63.8 Å². The third-order valence-corrected chi connectivity index (χ3v) is 33.6. The van der Waals surface area contributed by atoms with Crippen molar-refractivity contribution in [3.63, 3.8) is 0 Å². The summed E-state index contributed by atoms with van der Waals surface area (Å²) in [6.07, 6.45) is -29.0. The minimum atomic E-state index is -5.34. The molecule has 0 radical (unpaired) electrons. The second kappa shape index (κ2) is 56.3. The van der Waals surface area contributed by atoms with Gasteiger partial charge >= 0.3 is 54.3 Å². The first kappa shape index (κ1) is 112. The number of aliphatic carboxylic acids is 4. The van der Waals surface area contributed by atoms with Crippen LogP contribution in [-0.4, -0.2) is 298 Å². The van der Waals surface area contributed by atoms with Gasteiger partial charge in [-0.1, -0.05) is 243 Å². The molecule has 0 saturated carbocycles. The number of nitrogens with one attached hydrogen (secondary N) is 2. The zero-order chi connectivity index (χ0) is 101. The molecule has 41 nitrogen and oxygen atoms in total. The minimum Gasteiger partial charge on any atom is -0.480 e. The highest BCUT2D eigenvalue weighted by atomic mass is 31.2. The zero-order valence-corrected chi connectivity index (χ0v) is 79.7. The summed E-state index contributed by atoms with van der Waals surface area (Å²) in [4.78, 5) is 97.1. The fourth-order valence-electron chi connectivity index (χ4n) is 15.2. The van der Waals surface area contributed by atoms with Crippen molar-refractivity contribution in [1.29, 1.82) is 0 Å². The summed E-state index contributed by atoms with van der Waals surface area (Å²) < 4.78 is 142. The molecule has 2 amide bonds. The van der Waals surface area contributed by atoms with Crippen LogP contribution in [0, 0.1) is 5.92 Å². The van der Waals surface area contributed by atoms with E-state index < -0.39 is 306 Å². The molecule has 2 fully saturated rings. The second-order valence-corrected chi connectivity index (χ2v) is 42.8. The van der Waals surface area contributed by atoms with E-state index in [1.807, 2.05) is 0 Å². The molecule has 8 aromatic rings. The summed E-state index contributed by atoms with van der Waals surface area (Å²) >= 11 is 0. The molecule has 140 heavy (non-hydrogen) atoms. The lowest BCUT2D eigenvalue weighted by Crippen LogP contribution is -2.70. The minimum absolute atomic E-state index is 0.280. The van der Waals surface area contributed by atoms with Gasteiger partial charge in [-0.05, 0) is 44.5 Å². The Hall–Kier alpha value is -9.79. The summed E-state index contributed by atoms with van der Waals surface area (Å²) in [5.41, 5.74) is 3.17. The standard InChI is InChI=1S/C95H119N5O36P4/c101-53-73(45-74(105)48-99(50-81(111)112)43-41-98(49-80(109)110)42-44-100(51-82(113)114)52-83(115)116)88(117)92(75(106)54-102)135-95-87(97-79(108)47-85(139(123,129-61-69-33-17-5-18-34-69)130-62-70-35-19-6-20-36-70)140(124,131-63-71-37-21-7-22-38-71)132-64-72-39-23-8-24-40-72)91(120)93(77(56-104)134-95)136-94-86(90(119)89(118)76(55-103)133-94)96-78(107)46-84(137(121,125-57-65-25-9-1-10-26-65)126-58-66-27-11-2-12-28-66)138(122,127-59-67-29-13-3-14-30-67)128-60-68-31-15-4-16-32-68/h1-40,73,75-77,84-95,101-104,106,117-120H,41-64H2,(H,96,107)(H,97,108)(H,109,110)(H,111,112)(H,113,114)(H,115,116)/t73?,75?,76?,77?,86?,87?,88-,89+,90-,91-,92+,93+,94-,95-/m0/s1. The van der Waals surface area contributed by atoms with Crippen LogP contribution in [0.2, 0.25) is 0 Å². The number of nitrogens with zero attached hydrogens (tertiary/aromatic N) is 3. The fourth-order valence-corrected chi connectivity index (χ4v) is 25.5. The summed E-state index contributed by atoms with van der Waals surface area (Å²) in [6.45, 7) is -14.7. The lowest BCUT2D eigenvalue weighted by Gasteiger charge is -2.49. The van der Waals surface area contributed by atoms with E-state index in [2.05, 4.69) is 10.6 Å². The van der Waals surface area contributed by atoms with E-state index in [4.69, 9.17) is 55.1 Å². The molecule has 6 unspecified atom stereocenters. The predicted molar refractivity (Wildman–Crippen MR) is 499 cm³/mol. The van der Waals surface area contributed by atoms with Crippen molar-refractivity contribution in [2.75, 3.05) is 85.3 Å². The van der Waals surface area contributed by atoms with Crippen LogP contribution in [-0.2, 0) is 160 Å². The molecule has 2 heterocycles. The maximum Gasteiger partial charge on any atom is 0.347 e. The highest BCUT2D eigenvalue weighted by molar-refractivity contribution is 7.73. The molecule has 0 spiro atoms. The lowest BCUT2D eigenvalue weighted by atomic mass is 9.90. The van der Waals surface area contributed by atoms with Crippen molar-refractivity contribution in [3.05, 3.63) is 287 Å². The summed E-state index contributed by atoms with van der Waals surface area (Å²) in [5.74, 6) is -11.3. The van der Waals surface area contributed by atoms with Gasteiger partial charge in [0.15, 0.2) is 23.4 Å². The average Bonchev–Trinajstić information content (AvgIpc) is 0.768. The maximum absolute atomic E-state index is 16.7. The van der Waals surface area contributed by atoms with Gasteiger partial charge in [0.05, 0.1) is 124 Å². The Kier molecular flexibility index (Phi) is 45.1. The van der Waals surface area contributed by atoms with Gasteiger partial charge < -0.3 is 132 Å². The number of amides is 2. The molecular weight excluding hydrogens is 1910 g/mol. The molecule has 2 saturated heterocycles. The fraction of sp³-hybridized carbons (Fsp3) is 0.421. The van der Waals surface area contributed by atoms with E-state index in [-0.39, 0.29) is 19.6 Å². The molecule has 0 aromatic heterocycles. The third-order valence-electron chi connectivity index (χ3n) is 22.6. The van der Waals surface area contributed by atoms with Crippen molar-refractivity contribution in [3.8, 4) is 0 Å². The number of hydrogen-bond donors (Lipinski definition) is 15. The Morgan fingerprint density at radius 2 is 0.614 bits per heavy atom. The number of hydrogen-bond acceptors (Lipinski definition) is 35. The molecular formula is C95H119N5O36P4. The Bertz CT molecular complexity index is 4930. The Balaban J connectivity index is 1.05. The van der Waals surface area contributed by atoms with E-state index in [0.717, 1.165) is 9.80 Å². The highest BCUT2D eigenvalue weighted by Crippen LogP contribution is 2.74. The maximum atomic E-state index is 16.7. The number of aliphatic hydroxyl groups is 9. The first-order chi connectivity index (χ1) is 67.2. The van der Waals surface area contributed by atoms with Gasteiger partial charge in [0.25, 0.3) is 0 Å². The van der Waals surface area contributed by atoms with Crippen LogP contribution in [0.4, 0.5) is 0 Å². The van der Waals surface area contributed by atoms with Crippen molar-refractivity contribution in [1.82, 2.24) is 25.3 Å². The van der Waals surface area contributed by atoms with Gasteiger partial charge in [0.2, 0.25) is 11.8 Å². The van der Waals surface area contributed by atoms with E-state index in [1.165, 1.54) is 4.90 Å². The van der Waals surface area contributed by atoms with E-state index in [9.17, 15) is 90.4 Å². The SMILES string of the molecule is O=C(O)CN(CCN(CC(=O)O)CC(=O)O)CCN(CC(=O)O)CC(=O)CC(CO)[C@H](O)[C@H](O[C@@H]1OC(CO)[C@@H](O[C@@H]2OC(CO)[C@@H](O)[C@@H](O)C2NC(=O)CC(P(=O)(OCc2ccccc2)OCc2ccccc2)P(=O)(OCc2ccccc2)OCc2ccccc2)[C@@H](O)C1NC(=O)CC(P(=O)(OCc1ccccc1)OCc1ccccc1)P(=O)(OCc1ccccc1)OCc1ccccc1)C(O)CO. The van der Waals surface area contributed by atoms with Gasteiger partial charge in [-0.25, -0.2) is 0 Å². The van der Waals surface area contributed by atoms with E-state index in [0.29, 0.717) is 44.5 Å². The quantitative estimate of drug-likeness (QED) is 0.0176. The third kappa shape index (κ3) is 34.8. The predicted octanol–water partition coefficient (Wildman–Crippen LogP) is 6.71. The molecule has 0 aliphatic carbocycles. The van der Waals surface area contributed by atoms with Crippen LogP contribution in [0.5, 0.6) is 0 Å². The molecule has 2 aliphatic rings. The largest absolute Gasteiger partial charge is 0.480 e. The molecule has 10 rings (SSSR count). The van der Waals surface area contributed by atoms with Gasteiger partial charge in [0.1, 0.15) is 66.7 Å². The molecule has 8 aromatic carbocycles. The second-order valence-electron chi connectivity index (χ2n) is 33.1. The Morgan fingerprint density at radius 3 is 0.893 bits per heavy atom. The number of rotatable bonds is 63. The van der Waals surface area contributed by atoms with Crippen LogP contribution in [0.3, 0.4) is 0 Å². The van der Waals surface area contributed by atoms with Crippen molar-refractivity contribution < 1.29 is 173 Å². The first-order valence-electron chi connectivity index (χ1n) is 44.7. The molecule has 15 N–H and O–H groups in total. The number of carboxylic acid groups (broad SMARTS) is 4. The number of benzene rings is 8. The summed E-state index contributed by atoms with van der Waals surface area (Å²) in [7, 11) is -21.1. The number of carbonyl (C=O) groups is 7. The van der Waals surface area contributed by atoms with Crippen LogP contribution in [0.15, 0.2) is 243 Å². The smallest absolute Gasteiger partial charge is 0.347 e. The van der Waals surface area contributed by atoms with Crippen molar-refractivity contribution >= 4 is 71.9 Å². The van der Waals surface area contributed by atoms with Gasteiger partial charge in [0, 0.05) is 45.1 Å². The number of Topliss-reactive ketones (excluding diaryl/α,β-unsaturated/α-hetero) is 1. The highest BCUT2D eigenvalue weighted by Gasteiger charge is 2.58. The summed E-state index contributed by atoms with van der Waals surface area (Å²) in [5, 5.41) is 146. The normalized spacial score (nSPS) is 19.6. The Labute approximate surface area is 807 Å². The number of carboxylic acids is 4. The van der Waals surface area contributed by atoms with Gasteiger partial charge in [-0.2, -0.15) is 0 Å². The summed E-state index contributed by atoms with van der Waals surface area (Å²) in [6, 6.07) is 60.9. The van der Waals surface area contributed by atoms with Gasteiger partial charge in [-0.15, -0.1) is 0 Å².